The highest BCUT2D eigenvalue weighted by atomic mass is 19.1. The zero-order valence-electron chi connectivity index (χ0n) is 9.62. The van der Waals surface area contributed by atoms with Gasteiger partial charge in [-0.2, -0.15) is 0 Å². The average molecular weight is 263 g/mol. The molecular formula is C12H10FN3O3. The van der Waals surface area contributed by atoms with Gasteiger partial charge in [-0.1, -0.05) is 12.1 Å². The van der Waals surface area contributed by atoms with Gasteiger partial charge in [0, 0.05) is 0 Å². The lowest BCUT2D eigenvalue weighted by molar-refractivity contribution is -0.118. The third kappa shape index (κ3) is 2.44. The number of benzene rings is 1. The lowest BCUT2D eigenvalue weighted by Crippen LogP contribution is -2.23. The molecule has 19 heavy (non-hydrogen) atoms. The van der Waals surface area contributed by atoms with Crippen molar-refractivity contribution in [2.75, 3.05) is 0 Å². The van der Waals surface area contributed by atoms with Gasteiger partial charge in [0.1, 0.15) is 12.1 Å². The van der Waals surface area contributed by atoms with E-state index in [2.05, 4.69) is 9.97 Å². The Morgan fingerprint density at radius 3 is 2.16 bits per heavy atom. The van der Waals surface area contributed by atoms with Gasteiger partial charge in [0.25, 0.3) is 0 Å². The molecular weight excluding hydrogens is 253 g/mol. The minimum absolute atomic E-state index is 0.207. The minimum Gasteiger partial charge on any atom is -0.493 e. The van der Waals surface area contributed by atoms with Crippen molar-refractivity contribution in [2.45, 2.75) is 5.92 Å². The van der Waals surface area contributed by atoms with Crippen LogP contribution in [0.2, 0.25) is 0 Å². The Kier molecular flexibility index (Phi) is 3.28. The second-order valence-electron chi connectivity index (χ2n) is 3.82. The molecule has 0 bridgehead atoms. The van der Waals surface area contributed by atoms with Gasteiger partial charge in [0.15, 0.2) is 0 Å². The van der Waals surface area contributed by atoms with E-state index < -0.39 is 29.4 Å². The molecule has 0 fully saturated rings. The molecule has 0 aliphatic rings. The summed E-state index contributed by atoms with van der Waals surface area (Å²) >= 11 is 0. The maximum absolute atomic E-state index is 12.9. The molecule has 98 valence electrons. The molecule has 0 aliphatic heterocycles. The summed E-state index contributed by atoms with van der Waals surface area (Å²) in [6.07, 6.45) is 0.941. The number of carbonyl (C=O) groups excluding carboxylic acids is 1. The van der Waals surface area contributed by atoms with E-state index in [4.69, 9.17) is 5.73 Å². The highest BCUT2D eigenvalue weighted by Gasteiger charge is 2.28. The summed E-state index contributed by atoms with van der Waals surface area (Å²) in [7, 11) is 0. The molecule has 0 saturated heterocycles. The maximum atomic E-state index is 12.9. The van der Waals surface area contributed by atoms with E-state index in [-0.39, 0.29) is 5.56 Å². The normalized spacial score (nSPS) is 12.1. The van der Waals surface area contributed by atoms with E-state index in [0.717, 1.165) is 18.5 Å². The third-order valence-corrected chi connectivity index (χ3v) is 2.62. The average Bonchev–Trinajstić information content (AvgIpc) is 2.35. The summed E-state index contributed by atoms with van der Waals surface area (Å²) in [4.78, 5) is 18.5. The molecule has 7 heteroatoms. The second kappa shape index (κ2) is 4.89. The van der Waals surface area contributed by atoms with Crippen LogP contribution in [0.15, 0.2) is 30.6 Å². The van der Waals surface area contributed by atoms with Crippen molar-refractivity contribution in [2.24, 2.45) is 5.73 Å². The summed E-state index contributed by atoms with van der Waals surface area (Å²) < 4.78 is 12.9. The fraction of sp³-hybridized carbons (Fsp3) is 0.0833. The molecule has 2 rings (SSSR count). The first-order chi connectivity index (χ1) is 9.00. The topological polar surface area (TPSA) is 109 Å². The van der Waals surface area contributed by atoms with Crippen LogP contribution >= 0.6 is 0 Å². The van der Waals surface area contributed by atoms with Gasteiger partial charge in [-0.15, -0.1) is 0 Å². The van der Waals surface area contributed by atoms with Gasteiger partial charge < -0.3 is 15.9 Å². The van der Waals surface area contributed by atoms with Crippen LogP contribution < -0.4 is 5.73 Å². The fourth-order valence-corrected chi connectivity index (χ4v) is 1.76. The number of primary amides is 1. The van der Waals surface area contributed by atoms with E-state index in [1.165, 1.54) is 12.1 Å². The number of amides is 1. The van der Waals surface area contributed by atoms with Crippen molar-refractivity contribution in [3.63, 3.8) is 0 Å². The van der Waals surface area contributed by atoms with Crippen molar-refractivity contribution in [1.29, 1.82) is 0 Å². The number of aromatic hydroxyl groups is 2. The molecule has 6 nitrogen and oxygen atoms in total. The van der Waals surface area contributed by atoms with Crippen LogP contribution in [0.25, 0.3) is 0 Å². The van der Waals surface area contributed by atoms with Gasteiger partial charge in [-0.05, 0) is 17.7 Å². The number of aromatic nitrogens is 2. The lowest BCUT2D eigenvalue weighted by atomic mass is 9.91. The van der Waals surface area contributed by atoms with E-state index >= 15 is 0 Å². The van der Waals surface area contributed by atoms with Gasteiger partial charge in [-0.3, -0.25) is 4.79 Å². The van der Waals surface area contributed by atoms with Crippen LogP contribution in [0.3, 0.4) is 0 Å². The summed E-state index contributed by atoms with van der Waals surface area (Å²) in [6.45, 7) is 0. The van der Waals surface area contributed by atoms with Crippen LogP contribution in [0, 0.1) is 5.82 Å². The Labute approximate surface area is 107 Å². The molecule has 1 aromatic heterocycles. The maximum Gasteiger partial charge on any atom is 0.229 e. The predicted octanol–water partition coefficient (Wildman–Crippen LogP) is 0.644. The monoisotopic (exact) mass is 263 g/mol. The number of hydrogen-bond acceptors (Lipinski definition) is 5. The van der Waals surface area contributed by atoms with Crippen molar-refractivity contribution in [1.82, 2.24) is 9.97 Å². The number of rotatable bonds is 3. The largest absolute Gasteiger partial charge is 0.493 e. The zero-order valence-corrected chi connectivity index (χ0v) is 9.62. The zero-order chi connectivity index (χ0) is 14.0. The number of nitrogens with zero attached hydrogens (tertiary/aromatic N) is 2. The number of hydrogen-bond donors (Lipinski definition) is 3. The van der Waals surface area contributed by atoms with Gasteiger partial charge in [0.05, 0.1) is 11.5 Å². The smallest absolute Gasteiger partial charge is 0.229 e. The highest BCUT2D eigenvalue weighted by Crippen LogP contribution is 2.34. The second-order valence-corrected chi connectivity index (χ2v) is 3.82. The summed E-state index contributed by atoms with van der Waals surface area (Å²) in [6, 6.07) is 4.94. The lowest BCUT2D eigenvalue weighted by Gasteiger charge is -2.15. The molecule has 1 atom stereocenters. The molecule has 1 unspecified atom stereocenters. The summed E-state index contributed by atoms with van der Waals surface area (Å²) in [5.74, 6) is -3.58. The molecule has 0 saturated carbocycles. The Morgan fingerprint density at radius 2 is 1.68 bits per heavy atom. The molecule has 0 radical (unpaired) electrons. The third-order valence-electron chi connectivity index (χ3n) is 2.62. The van der Waals surface area contributed by atoms with Crippen molar-refractivity contribution in [3.05, 3.63) is 47.5 Å². The molecule has 4 N–H and O–H groups in total. The van der Waals surface area contributed by atoms with Crippen LogP contribution in [0.4, 0.5) is 4.39 Å². The number of halogens is 1. The molecule has 1 aromatic carbocycles. The van der Waals surface area contributed by atoms with Crippen molar-refractivity contribution < 1.29 is 19.4 Å². The van der Waals surface area contributed by atoms with Crippen molar-refractivity contribution >= 4 is 5.91 Å². The van der Waals surface area contributed by atoms with E-state index in [9.17, 15) is 19.4 Å². The summed E-state index contributed by atoms with van der Waals surface area (Å²) in [5.41, 5.74) is 5.37. The van der Waals surface area contributed by atoms with E-state index in [1.807, 2.05) is 0 Å². The van der Waals surface area contributed by atoms with Gasteiger partial charge in [0.2, 0.25) is 17.7 Å². The Balaban J connectivity index is 2.58. The minimum atomic E-state index is -1.17. The quantitative estimate of drug-likeness (QED) is 0.753. The number of nitrogens with two attached hydrogens (primary N) is 1. The SMILES string of the molecule is NC(=O)C(c1ccc(F)cc1)c1c(O)ncnc1O. The van der Waals surface area contributed by atoms with Crippen LogP contribution in [-0.2, 0) is 4.79 Å². The molecule has 2 aromatic rings. The first-order valence-electron chi connectivity index (χ1n) is 5.28. The fourth-order valence-electron chi connectivity index (χ4n) is 1.76. The first-order valence-corrected chi connectivity index (χ1v) is 5.28. The summed E-state index contributed by atoms with van der Waals surface area (Å²) in [5, 5.41) is 19.3. The van der Waals surface area contributed by atoms with Crippen LogP contribution in [-0.4, -0.2) is 26.1 Å². The Morgan fingerprint density at radius 1 is 1.16 bits per heavy atom. The Hall–Kier alpha value is -2.70. The predicted molar refractivity (Wildman–Crippen MR) is 62.8 cm³/mol. The molecule has 0 spiro atoms. The first kappa shape index (κ1) is 12.7. The van der Waals surface area contributed by atoms with Crippen molar-refractivity contribution in [3.8, 4) is 11.8 Å². The Bertz CT molecular complexity index is 596. The highest BCUT2D eigenvalue weighted by molar-refractivity contribution is 5.86. The molecule has 0 aliphatic carbocycles. The standard InChI is InChI=1S/C12H10FN3O3/c13-7-3-1-6(2-4-7)8(10(14)17)9-11(18)15-5-16-12(9)19/h1-5,8H,(H2,14,17)(H2,15,16,18,19). The molecule has 1 amide bonds. The van der Waals surface area contributed by atoms with Gasteiger partial charge in [-0.25, -0.2) is 14.4 Å². The van der Waals surface area contributed by atoms with Crippen LogP contribution in [0.1, 0.15) is 17.0 Å². The van der Waals surface area contributed by atoms with Gasteiger partial charge >= 0.3 is 0 Å². The van der Waals surface area contributed by atoms with E-state index in [1.54, 1.807) is 0 Å². The molecule has 1 heterocycles. The number of carbonyl (C=O) groups is 1. The van der Waals surface area contributed by atoms with E-state index in [0.29, 0.717) is 5.56 Å². The van der Waals surface area contributed by atoms with Crippen LogP contribution in [0.5, 0.6) is 11.8 Å².